The van der Waals surface area contributed by atoms with Gasteiger partial charge in [-0.1, -0.05) is 47.5 Å². The largest absolute Gasteiger partial charge is 0.489 e. The first-order chi connectivity index (χ1) is 12.1. The van der Waals surface area contributed by atoms with Gasteiger partial charge in [-0.15, -0.1) is 0 Å². The lowest BCUT2D eigenvalue weighted by Crippen LogP contribution is -2.08. The van der Waals surface area contributed by atoms with Crippen molar-refractivity contribution in [3.8, 4) is 11.5 Å². The minimum atomic E-state index is -0.367. The second-order valence-corrected chi connectivity index (χ2v) is 6.00. The Morgan fingerprint density at radius 3 is 1.84 bits per heavy atom. The van der Waals surface area contributed by atoms with Crippen LogP contribution in [-0.4, -0.2) is 5.97 Å². The van der Waals surface area contributed by atoms with Gasteiger partial charge in [0, 0.05) is 0 Å². The average Bonchev–Trinajstić information content (AvgIpc) is 2.63. The summed E-state index contributed by atoms with van der Waals surface area (Å²) in [5, 5.41) is 0. The Morgan fingerprint density at radius 1 is 0.720 bits per heavy atom. The number of hydrogen-bond donors (Lipinski definition) is 0. The second kappa shape index (κ2) is 7.67. The van der Waals surface area contributed by atoms with Crippen molar-refractivity contribution in [1.29, 1.82) is 0 Å². The van der Waals surface area contributed by atoms with Crippen LogP contribution < -0.4 is 9.47 Å². The molecule has 3 aromatic rings. The number of esters is 1. The summed E-state index contributed by atoms with van der Waals surface area (Å²) < 4.78 is 11.1. The number of aryl methyl sites for hydroxylation is 2. The fraction of sp³-hybridized carbons (Fsp3) is 0.136. The van der Waals surface area contributed by atoms with Crippen LogP contribution in [0.5, 0.6) is 11.5 Å². The zero-order chi connectivity index (χ0) is 17.6. The van der Waals surface area contributed by atoms with E-state index in [1.54, 1.807) is 36.4 Å². The van der Waals surface area contributed by atoms with Crippen LogP contribution in [0.3, 0.4) is 0 Å². The summed E-state index contributed by atoms with van der Waals surface area (Å²) in [4.78, 5) is 12.1. The van der Waals surface area contributed by atoms with Gasteiger partial charge in [-0.2, -0.15) is 0 Å². The van der Waals surface area contributed by atoms with Gasteiger partial charge >= 0.3 is 5.97 Å². The molecule has 25 heavy (non-hydrogen) atoms. The van der Waals surface area contributed by atoms with Gasteiger partial charge in [0.2, 0.25) is 0 Å². The molecular formula is C22H20O3. The van der Waals surface area contributed by atoms with Crippen molar-refractivity contribution >= 4 is 5.97 Å². The molecular weight excluding hydrogens is 312 g/mol. The second-order valence-electron chi connectivity index (χ2n) is 6.00. The van der Waals surface area contributed by atoms with E-state index in [2.05, 4.69) is 19.1 Å². The highest BCUT2D eigenvalue weighted by Crippen LogP contribution is 2.20. The monoisotopic (exact) mass is 332 g/mol. The lowest BCUT2D eigenvalue weighted by atomic mass is 10.1. The minimum absolute atomic E-state index is 0.367. The maximum atomic E-state index is 12.1. The molecule has 0 saturated heterocycles. The predicted octanol–water partition coefficient (Wildman–Crippen LogP) is 5.10. The van der Waals surface area contributed by atoms with Gasteiger partial charge < -0.3 is 9.47 Å². The molecule has 0 aliphatic rings. The van der Waals surface area contributed by atoms with Crippen LogP contribution in [0.15, 0.2) is 72.8 Å². The highest BCUT2D eigenvalue weighted by Gasteiger charge is 2.08. The summed E-state index contributed by atoms with van der Waals surface area (Å²) >= 11 is 0. The van der Waals surface area contributed by atoms with Crippen LogP contribution in [0.4, 0.5) is 0 Å². The number of hydrogen-bond acceptors (Lipinski definition) is 3. The van der Waals surface area contributed by atoms with Gasteiger partial charge in [0.25, 0.3) is 0 Å². The van der Waals surface area contributed by atoms with Crippen molar-refractivity contribution in [3.63, 3.8) is 0 Å². The number of carbonyl (C=O) groups excluding carboxylic acids is 1. The van der Waals surface area contributed by atoms with Gasteiger partial charge in [0.15, 0.2) is 0 Å². The third-order valence-electron chi connectivity index (χ3n) is 3.85. The Kier molecular flexibility index (Phi) is 5.14. The van der Waals surface area contributed by atoms with Crippen LogP contribution in [0.2, 0.25) is 0 Å². The van der Waals surface area contributed by atoms with Crippen LogP contribution in [0.1, 0.15) is 27.0 Å². The van der Waals surface area contributed by atoms with Gasteiger partial charge in [-0.25, -0.2) is 4.79 Å². The Bertz CT molecular complexity index is 832. The van der Waals surface area contributed by atoms with Crippen molar-refractivity contribution < 1.29 is 14.3 Å². The molecule has 3 aromatic carbocycles. The summed E-state index contributed by atoms with van der Waals surface area (Å²) in [7, 11) is 0. The SMILES string of the molecule is Cc1ccc(COc2ccc(OC(=O)c3ccc(C)cc3)cc2)cc1. The Balaban J connectivity index is 1.57. The molecule has 0 atom stereocenters. The average molecular weight is 332 g/mol. The van der Waals surface area contributed by atoms with E-state index >= 15 is 0 Å². The number of carbonyl (C=O) groups is 1. The van der Waals surface area contributed by atoms with Gasteiger partial charge in [-0.05, 0) is 55.8 Å². The van der Waals surface area contributed by atoms with E-state index in [4.69, 9.17) is 9.47 Å². The Hall–Kier alpha value is -3.07. The van der Waals surface area contributed by atoms with Crippen LogP contribution in [0, 0.1) is 13.8 Å². The first-order valence-electron chi connectivity index (χ1n) is 8.17. The van der Waals surface area contributed by atoms with Crippen molar-refractivity contribution in [1.82, 2.24) is 0 Å². The summed E-state index contributed by atoms with van der Waals surface area (Å²) in [5.74, 6) is 0.859. The lowest BCUT2D eigenvalue weighted by Gasteiger charge is -2.08. The Morgan fingerprint density at radius 2 is 1.24 bits per heavy atom. The topological polar surface area (TPSA) is 35.5 Å². The molecule has 0 radical (unpaired) electrons. The Labute approximate surface area is 147 Å². The van der Waals surface area contributed by atoms with Crippen LogP contribution >= 0.6 is 0 Å². The summed E-state index contributed by atoms with van der Waals surface area (Å²) in [6.07, 6.45) is 0. The quantitative estimate of drug-likeness (QED) is 0.481. The summed E-state index contributed by atoms with van der Waals surface area (Å²) in [6, 6.07) is 22.6. The normalized spacial score (nSPS) is 10.3. The molecule has 0 spiro atoms. The molecule has 0 heterocycles. The first-order valence-corrected chi connectivity index (χ1v) is 8.17. The zero-order valence-electron chi connectivity index (χ0n) is 14.4. The van der Waals surface area contributed by atoms with Crippen molar-refractivity contribution in [3.05, 3.63) is 95.1 Å². The maximum Gasteiger partial charge on any atom is 0.343 e. The van der Waals surface area contributed by atoms with Crippen LogP contribution in [0.25, 0.3) is 0 Å². The van der Waals surface area contributed by atoms with E-state index in [9.17, 15) is 4.79 Å². The highest BCUT2D eigenvalue weighted by atomic mass is 16.5. The van der Waals surface area contributed by atoms with Gasteiger partial charge in [-0.3, -0.25) is 0 Å². The smallest absolute Gasteiger partial charge is 0.343 e. The van der Waals surface area contributed by atoms with Gasteiger partial charge in [0.1, 0.15) is 18.1 Å². The van der Waals surface area contributed by atoms with Crippen molar-refractivity contribution in [2.75, 3.05) is 0 Å². The zero-order valence-corrected chi connectivity index (χ0v) is 14.4. The van der Waals surface area contributed by atoms with E-state index in [1.165, 1.54) is 5.56 Å². The lowest BCUT2D eigenvalue weighted by molar-refractivity contribution is 0.0734. The predicted molar refractivity (Wildman–Crippen MR) is 98.1 cm³/mol. The molecule has 0 saturated carbocycles. The van der Waals surface area contributed by atoms with E-state index in [1.807, 2.05) is 31.2 Å². The number of ether oxygens (including phenoxy) is 2. The standard InChI is InChI=1S/C22H20O3/c1-16-3-7-18(8-4-16)15-24-20-11-13-21(14-12-20)25-22(23)19-9-5-17(2)6-10-19/h3-14H,15H2,1-2H3. The van der Waals surface area contributed by atoms with Crippen molar-refractivity contribution in [2.45, 2.75) is 20.5 Å². The molecule has 0 aromatic heterocycles. The van der Waals surface area contributed by atoms with Gasteiger partial charge in [0.05, 0.1) is 5.56 Å². The molecule has 0 amide bonds. The summed E-state index contributed by atoms with van der Waals surface area (Å²) in [5.41, 5.74) is 3.97. The third-order valence-corrected chi connectivity index (χ3v) is 3.85. The molecule has 3 heteroatoms. The molecule has 0 fully saturated rings. The van der Waals surface area contributed by atoms with E-state index in [-0.39, 0.29) is 5.97 Å². The fourth-order valence-electron chi connectivity index (χ4n) is 2.31. The molecule has 0 aliphatic heterocycles. The molecule has 3 nitrogen and oxygen atoms in total. The van der Waals surface area contributed by atoms with Crippen molar-refractivity contribution in [2.24, 2.45) is 0 Å². The summed E-state index contributed by atoms with van der Waals surface area (Å²) in [6.45, 7) is 4.54. The number of benzene rings is 3. The van der Waals surface area contributed by atoms with E-state index in [0.29, 0.717) is 17.9 Å². The number of rotatable bonds is 5. The third kappa shape index (κ3) is 4.70. The highest BCUT2D eigenvalue weighted by molar-refractivity contribution is 5.91. The molecule has 0 bridgehead atoms. The first kappa shape index (κ1) is 16.8. The van der Waals surface area contributed by atoms with E-state index < -0.39 is 0 Å². The molecule has 0 unspecified atom stereocenters. The molecule has 126 valence electrons. The minimum Gasteiger partial charge on any atom is -0.489 e. The van der Waals surface area contributed by atoms with E-state index in [0.717, 1.165) is 16.9 Å². The fourth-order valence-corrected chi connectivity index (χ4v) is 2.31. The van der Waals surface area contributed by atoms with Crippen LogP contribution in [-0.2, 0) is 6.61 Å². The molecule has 0 aliphatic carbocycles. The molecule has 3 rings (SSSR count). The maximum absolute atomic E-state index is 12.1. The molecule has 0 N–H and O–H groups in total.